The summed E-state index contributed by atoms with van der Waals surface area (Å²) < 4.78 is 2.39. The zero-order valence-corrected chi connectivity index (χ0v) is 18.2. The molecule has 2 aromatic carbocycles. The van der Waals surface area contributed by atoms with Crippen LogP contribution >= 0.6 is 0 Å². The molecule has 28 heavy (non-hydrogen) atoms. The van der Waals surface area contributed by atoms with Crippen molar-refractivity contribution in [2.24, 2.45) is 7.05 Å². The lowest BCUT2D eigenvalue weighted by atomic mass is 9.84. The topological polar surface area (TPSA) is 3.88 Å². The van der Waals surface area contributed by atoms with Crippen molar-refractivity contribution >= 4 is 10.8 Å². The van der Waals surface area contributed by atoms with Crippen LogP contribution in [0.25, 0.3) is 22.0 Å². The van der Waals surface area contributed by atoms with E-state index in [2.05, 4.69) is 82.6 Å². The van der Waals surface area contributed by atoms with Crippen molar-refractivity contribution in [3.05, 3.63) is 64.3 Å². The maximum absolute atomic E-state index is 2.54. The Balaban J connectivity index is 1.78. The molecular weight excluding hydrogens is 338 g/mol. The normalized spacial score (nSPS) is 20.8. The second-order valence-corrected chi connectivity index (χ2v) is 10.2. The third-order valence-corrected chi connectivity index (χ3v) is 7.40. The monoisotopic (exact) mass is 370 g/mol. The van der Waals surface area contributed by atoms with E-state index >= 15 is 0 Å². The minimum atomic E-state index is 0.170. The van der Waals surface area contributed by atoms with E-state index in [-0.39, 0.29) is 5.41 Å². The molecule has 2 unspecified atom stereocenters. The van der Waals surface area contributed by atoms with E-state index in [0.29, 0.717) is 0 Å². The molecule has 0 saturated heterocycles. The lowest BCUT2D eigenvalue weighted by Crippen LogP contribution is -2.35. The van der Waals surface area contributed by atoms with Gasteiger partial charge in [-0.3, -0.25) is 0 Å². The van der Waals surface area contributed by atoms with Gasteiger partial charge in [0.15, 0.2) is 5.69 Å². The molecule has 0 spiro atoms. The predicted molar refractivity (Wildman–Crippen MR) is 118 cm³/mol. The highest BCUT2D eigenvalue weighted by atomic mass is 14.9. The van der Waals surface area contributed by atoms with Crippen LogP contribution in [0.3, 0.4) is 0 Å². The van der Waals surface area contributed by atoms with Gasteiger partial charge in [-0.1, -0.05) is 39.0 Å². The van der Waals surface area contributed by atoms with Crippen molar-refractivity contribution in [2.75, 3.05) is 0 Å². The van der Waals surface area contributed by atoms with Crippen LogP contribution in [0.2, 0.25) is 0 Å². The zero-order chi connectivity index (χ0) is 19.8. The molecule has 1 nitrogen and oxygen atoms in total. The molecule has 2 atom stereocenters. The summed E-state index contributed by atoms with van der Waals surface area (Å²) in [5.41, 5.74) is 10.4. The summed E-state index contributed by atoms with van der Waals surface area (Å²) in [4.78, 5) is 0. The van der Waals surface area contributed by atoms with E-state index in [1.165, 1.54) is 58.1 Å². The molecular formula is C27H32N+. The van der Waals surface area contributed by atoms with Crippen LogP contribution in [0.4, 0.5) is 0 Å². The fraction of sp³-hybridized carbons (Fsp3) is 0.444. The predicted octanol–water partition coefficient (Wildman–Crippen LogP) is 6.61. The highest BCUT2D eigenvalue weighted by molar-refractivity contribution is 5.94. The number of nitrogens with zero attached hydrogens (tertiary/aromatic N) is 1. The Morgan fingerprint density at radius 2 is 1.57 bits per heavy atom. The smallest absolute Gasteiger partial charge is 0.198 e. The number of fused-ring (bicyclic) bond motifs is 6. The van der Waals surface area contributed by atoms with Crippen molar-refractivity contribution in [1.29, 1.82) is 0 Å². The van der Waals surface area contributed by atoms with Crippen molar-refractivity contribution < 1.29 is 4.57 Å². The molecule has 3 aromatic rings. The summed E-state index contributed by atoms with van der Waals surface area (Å²) >= 11 is 0. The Morgan fingerprint density at radius 1 is 0.893 bits per heavy atom. The SMILES string of the molecule is Cc1cc2c(cc1-c1c3ccc(C(C)(C)C)cc3cc(C)[n+]1C)C1CCC2C1. The second kappa shape index (κ2) is 5.92. The van der Waals surface area contributed by atoms with Crippen molar-refractivity contribution in [1.82, 2.24) is 0 Å². The van der Waals surface area contributed by atoms with Gasteiger partial charge in [0.05, 0.1) is 10.9 Å². The molecule has 1 heteroatoms. The highest BCUT2D eigenvalue weighted by Crippen LogP contribution is 2.54. The van der Waals surface area contributed by atoms with Gasteiger partial charge in [0.25, 0.3) is 0 Å². The Hall–Kier alpha value is -2.15. The van der Waals surface area contributed by atoms with Gasteiger partial charge in [-0.05, 0) is 83.2 Å². The first-order valence-corrected chi connectivity index (χ1v) is 10.8. The summed E-state index contributed by atoms with van der Waals surface area (Å²) in [5, 5.41) is 2.73. The number of rotatable bonds is 1. The molecule has 2 aliphatic carbocycles. The van der Waals surface area contributed by atoms with Crippen molar-refractivity contribution in [3.8, 4) is 11.3 Å². The Labute approximate surface area is 169 Å². The molecule has 2 bridgehead atoms. The number of hydrogen-bond donors (Lipinski definition) is 0. The van der Waals surface area contributed by atoms with Crippen LogP contribution in [0.5, 0.6) is 0 Å². The molecule has 0 amide bonds. The summed E-state index contributed by atoms with van der Waals surface area (Å²) in [6, 6.07) is 14.5. The van der Waals surface area contributed by atoms with Gasteiger partial charge in [0.2, 0.25) is 5.69 Å². The minimum absolute atomic E-state index is 0.170. The molecule has 1 aromatic heterocycles. The van der Waals surface area contributed by atoms with E-state index < -0.39 is 0 Å². The van der Waals surface area contributed by atoms with Crippen LogP contribution in [-0.4, -0.2) is 0 Å². The molecule has 144 valence electrons. The van der Waals surface area contributed by atoms with Gasteiger partial charge >= 0.3 is 0 Å². The van der Waals surface area contributed by atoms with Gasteiger partial charge in [0, 0.05) is 13.0 Å². The van der Waals surface area contributed by atoms with E-state index in [4.69, 9.17) is 0 Å². The zero-order valence-electron chi connectivity index (χ0n) is 18.2. The van der Waals surface area contributed by atoms with Gasteiger partial charge in [-0.25, -0.2) is 0 Å². The van der Waals surface area contributed by atoms with Gasteiger partial charge in [-0.15, -0.1) is 0 Å². The van der Waals surface area contributed by atoms with Gasteiger partial charge < -0.3 is 0 Å². The first-order chi connectivity index (χ1) is 13.2. The van der Waals surface area contributed by atoms with Gasteiger partial charge in [-0.2, -0.15) is 4.57 Å². The molecule has 5 rings (SSSR count). The third kappa shape index (κ3) is 2.55. The third-order valence-electron chi connectivity index (χ3n) is 7.40. The maximum Gasteiger partial charge on any atom is 0.220 e. The van der Waals surface area contributed by atoms with Crippen LogP contribution < -0.4 is 4.57 Å². The average molecular weight is 371 g/mol. The maximum atomic E-state index is 2.54. The van der Waals surface area contributed by atoms with Crippen LogP contribution in [0, 0.1) is 13.8 Å². The van der Waals surface area contributed by atoms with Gasteiger partial charge in [0.1, 0.15) is 7.05 Å². The Bertz CT molecular complexity index is 1110. The van der Waals surface area contributed by atoms with E-state index in [1.54, 1.807) is 11.1 Å². The lowest BCUT2D eigenvalue weighted by molar-refractivity contribution is -0.665. The molecule has 1 heterocycles. The first kappa shape index (κ1) is 17.9. The molecule has 1 fully saturated rings. The molecule has 1 saturated carbocycles. The number of pyridine rings is 1. The van der Waals surface area contributed by atoms with E-state index in [1.807, 2.05) is 0 Å². The van der Waals surface area contributed by atoms with Crippen LogP contribution in [-0.2, 0) is 12.5 Å². The molecule has 0 N–H and O–H groups in total. The average Bonchev–Trinajstić information content (AvgIpc) is 3.23. The molecule has 0 aliphatic heterocycles. The van der Waals surface area contributed by atoms with E-state index in [9.17, 15) is 0 Å². The summed E-state index contributed by atoms with van der Waals surface area (Å²) in [6.45, 7) is 11.4. The highest BCUT2D eigenvalue weighted by Gasteiger charge is 2.38. The summed E-state index contributed by atoms with van der Waals surface area (Å²) in [5.74, 6) is 1.62. The fourth-order valence-corrected chi connectivity index (χ4v) is 5.62. The minimum Gasteiger partial charge on any atom is -0.198 e. The number of hydrogen-bond acceptors (Lipinski definition) is 0. The quantitative estimate of drug-likeness (QED) is 0.424. The standard InChI is InChI=1S/C27H32N/c1-16-11-24-18-7-8-19(13-18)25(24)15-23(16)26-22-10-9-21(27(3,4)5)14-20(22)12-17(2)28(26)6/h9-12,14-15,18-19H,7-8,13H2,1-6H3/q+1. The van der Waals surface area contributed by atoms with E-state index in [0.717, 1.165) is 11.8 Å². The van der Waals surface area contributed by atoms with Crippen molar-refractivity contribution in [3.63, 3.8) is 0 Å². The van der Waals surface area contributed by atoms with Crippen molar-refractivity contribution in [2.45, 2.75) is 71.1 Å². The molecule has 0 radical (unpaired) electrons. The van der Waals surface area contributed by atoms with Crippen LogP contribution in [0.1, 0.15) is 79.8 Å². The fourth-order valence-electron chi connectivity index (χ4n) is 5.62. The Kier molecular flexibility index (Phi) is 3.79. The number of aromatic nitrogens is 1. The lowest BCUT2D eigenvalue weighted by Gasteiger charge is -2.21. The summed E-state index contributed by atoms with van der Waals surface area (Å²) in [7, 11) is 2.22. The first-order valence-electron chi connectivity index (χ1n) is 10.8. The number of aryl methyl sites for hydroxylation is 2. The second-order valence-electron chi connectivity index (χ2n) is 10.2. The Morgan fingerprint density at radius 3 is 2.25 bits per heavy atom. The summed E-state index contributed by atoms with van der Waals surface area (Å²) in [6.07, 6.45) is 4.16. The van der Waals surface area contributed by atoms with Crippen LogP contribution in [0.15, 0.2) is 36.4 Å². The molecule has 2 aliphatic rings. The number of benzene rings is 2. The largest absolute Gasteiger partial charge is 0.220 e.